The maximum atomic E-state index is 12.8. The minimum absolute atomic E-state index is 0.242. The van der Waals surface area contributed by atoms with Crippen LogP contribution in [0, 0.1) is 11.6 Å². The van der Waals surface area contributed by atoms with E-state index < -0.39 is 34.7 Å². The normalized spacial score (nSPS) is 9.86. The molecule has 0 spiro atoms. The topological polar surface area (TPSA) is 74.6 Å². The van der Waals surface area contributed by atoms with E-state index in [0.29, 0.717) is 6.07 Å². The first-order valence-electron chi connectivity index (χ1n) is 3.39. The van der Waals surface area contributed by atoms with E-state index in [1.165, 1.54) is 0 Å². The monoisotopic (exact) mass is 202 g/mol. The summed E-state index contributed by atoms with van der Waals surface area (Å²) in [5.74, 6) is -6.99. The minimum Gasteiger partial charge on any atom is -0.505 e. The van der Waals surface area contributed by atoms with Crippen LogP contribution in [0.3, 0.4) is 0 Å². The van der Waals surface area contributed by atoms with Crippen LogP contribution in [0.5, 0.6) is 5.75 Å². The Labute approximate surface area is 76.4 Å². The van der Waals surface area contributed by atoms with Gasteiger partial charge in [-0.2, -0.15) is 0 Å². The first-order valence-corrected chi connectivity index (χ1v) is 3.39. The Kier molecular flexibility index (Phi) is 2.46. The maximum Gasteiger partial charge on any atom is 0.377 e. The van der Waals surface area contributed by atoms with Gasteiger partial charge in [0.2, 0.25) is 0 Å². The Bertz CT molecular complexity index is 414. The van der Waals surface area contributed by atoms with Crippen LogP contribution in [0.4, 0.5) is 8.78 Å². The van der Waals surface area contributed by atoms with E-state index >= 15 is 0 Å². The van der Waals surface area contributed by atoms with Crippen molar-refractivity contribution in [2.24, 2.45) is 0 Å². The highest BCUT2D eigenvalue weighted by Crippen LogP contribution is 2.20. The van der Waals surface area contributed by atoms with Gasteiger partial charge in [-0.1, -0.05) is 0 Å². The van der Waals surface area contributed by atoms with E-state index in [1.54, 1.807) is 0 Å². The molecule has 1 aromatic rings. The lowest BCUT2D eigenvalue weighted by Crippen LogP contribution is -2.14. The molecular formula is C8H4F2O4. The molecule has 1 aromatic carbocycles. The predicted octanol–water partition coefficient (Wildman–Crippen LogP) is 0.938. The highest BCUT2D eigenvalue weighted by atomic mass is 19.1. The maximum absolute atomic E-state index is 12.8. The molecule has 4 nitrogen and oxygen atoms in total. The molecule has 0 saturated carbocycles. The zero-order chi connectivity index (χ0) is 10.9. The van der Waals surface area contributed by atoms with E-state index in [9.17, 15) is 18.4 Å². The summed E-state index contributed by atoms with van der Waals surface area (Å²) < 4.78 is 25.3. The summed E-state index contributed by atoms with van der Waals surface area (Å²) in [6.45, 7) is 0. The van der Waals surface area contributed by atoms with Crippen molar-refractivity contribution < 1.29 is 28.6 Å². The summed E-state index contributed by atoms with van der Waals surface area (Å²) >= 11 is 0. The molecule has 6 heteroatoms. The van der Waals surface area contributed by atoms with Gasteiger partial charge in [0.25, 0.3) is 5.78 Å². The van der Waals surface area contributed by atoms with E-state index in [0.717, 1.165) is 0 Å². The summed E-state index contributed by atoms with van der Waals surface area (Å²) in [7, 11) is 0. The van der Waals surface area contributed by atoms with Gasteiger partial charge in [-0.05, 0) is 6.07 Å². The average Bonchev–Trinajstić information content (AvgIpc) is 2.10. The molecule has 1 rings (SSSR count). The number of carboxylic acids is 1. The minimum atomic E-state index is -1.88. The number of halogens is 2. The van der Waals surface area contributed by atoms with Crippen LogP contribution in [0.2, 0.25) is 0 Å². The third-order valence-electron chi connectivity index (χ3n) is 1.48. The van der Waals surface area contributed by atoms with Crippen molar-refractivity contribution in [2.45, 2.75) is 0 Å². The summed E-state index contributed by atoms with van der Waals surface area (Å²) in [5, 5.41) is 17.0. The number of hydrogen-bond acceptors (Lipinski definition) is 3. The van der Waals surface area contributed by atoms with Gasteiger partial charge in [0, 0.05) is 6.07 Å². The fourth-order valence-electron chi connectivity index (χ4n) is 0.827. The highest BCUT2D eigenvalue weighted by molar-refractivity contribution is 6.39. The van der Waals surface area contributed by atoms with Gasteiger partial charge in [0.15, 0.2) is 11.6 Å². The molecule has 0 aliphatic rings. The second-order valence-corrected chi connectivity index (χ2v) is 2.42. The molecule has 0 atom stereocenters. The molecule has 0 aliphatic carbocycles. The SMILES string of the molecule is O=C(O)C(=O)c1cc(O)c(F)cc1F. The van der Waals surface area contributed by atoms with Crippen molar-refractivity contribution in [3.8, 4) is 5.75 Å². The van der Waals surface area contributed by atoms with Crippen LogP contribution in [0.15, 0.2) is 12.1 Å². The quantitative estimate of drug-likeness (QED) is 0.552. The van der Waals surface area contributed by atoms with Crippen LogP contribution >= 0.6 is 0 Å². The molecule has 0 amide bonds. The Balaban J connectivity index is 3.29. The number of rotatable bonds is 2. The molecule has 2 N–H and O–H groups in total. The van der Waals surface area contributed by atoms with E-state index in [2.05, 4.69) is 0 Å². The van der Waals surface area contributed by atoms with Crippen LogP contribution in [0.1, 0.15) is 10.4 Å². The Morgan fingerprint density at radius 3 is 2.21 bits per heavy atom. The van der Waals surface area contributed by atoms with Crippen molar-refractivity contribution in [1.29, 1.82) is 0 Å². The van der Waals surface area contributed by atoms with Crippen LogP contribution in [0.25, 0.3) is 0 Å². The first-order chi connectivity index (χ1) is 6.43. The molecule has 0 unspecified atom stereocenters. The van der Waals surface area contributed by atoms with Crippen molar-refractivity contribution in [1.82, 2.24) is 0 Å². The molecule has 0 fully saturated rings. The molecule has 74 valence electrons. The number of carbonyl (C=O) groups excluding carboxylic acids is 1. The smallest absolute Gasteiger partial charge is 0.377 e. The summed E-state index contributed by atoms with van der Waals surface area (Å²) in [4.78, 5) is 20.9. The summed E-state index contributed by atoms with van der Waals surface area (Å²) in [5.41, 5.74) is -0.878. The Morgan fingerprint density at radius 2 is 1.71 bits per heavy atom. The lowest BCUT2D eigenvalue weighted by molar-refractivity contribution is -0.131. The van der Waals surface area contributed by atoms with Crippen molar-refractivity contribution in [2.75, 3.05) is 0 Å². The number of Topliss-reactive ketones (excluding diaryl/α,β-unsaturated/α-hetero) is 1. The number of phenols is 1. The Hall–Kier alpha value is -1.98. The third-order valence-corrected chi connectivity index (χ3v) is 1.48. The number of phenolic OH excluding ortho intramolecular Hbond substituents is 1. The lowest BCUT2D eigenvalue weighted by atomic mass is 10.1. The number of carbonyl (C=O) groups is 2. The fraction of sp³-hybridized carbons (Fsp3) is 0. The molecule has 0 saturated heterocycles. The second kappa shape index (κ2) is 3.41. The van der Waals surface area contributed by atoms with Gasteiger partial charge < -0.3 is 10.2 Å². The molecular weight excluding hydrogens is 198 g/mol. The molecule has 14 heavy (non-hydrogen) atoms. The van der Waals surface area contributed by atoms with Gasteiger partial charge in [-0.25, -0.2) is 13.6 Å². The van der Waals surface area contributed by atoms with E-state index in [1.807, 2.05) is 0 Å². The molecule has 0 aromatic heterocycles. The number of carboxylic acid groups (broad SMARTS) is 1. The second-order valence-electron chi connectivity index (χ2n) is 2.42. The number of aromatic hydroxyl groups is 1. The summed E-state index contributed by atoms with van der Waals surface area (Å²) in [6.07, 6.45) is 0. The number of ketones is 1. The number of aliphatic carboxylic acids is 1. The summed E-state index contributed by atoms with van der Waals surface area (Å²) in [6, 6.07) is 0.673. The lowest BCUT2D eigenvalue weighted by Gasteiger charge is -2.00. The number of benzene rings is 1. The number of hydrogen-bond donors (Lipinski definition) is 2. The van der Waals surface area contributed by atoms with Gasteiger partial charge >= 0.3 is 5.97 Å². The van der Waals surface area contributed by atoms with E-state index in [-0.39, 0.29) is 6.07 Å². The van der Waals surface area contributed by atoms with Crippen LogP contribution in [-0.2, 0) is 4.79 Å². The zero-order valence-corrected chi connectivity index (χ0v) is 6.62. The molecule has 0 heterocycles. The van der Waals surface area contributed by atoms with E-state index in [4.69, 9.17) is 10.2 Å². The van der Waals surface area contributed by atoms with Crippen molar-refractivity contribution in [3.63, 3.8) is 0 Å². The third kappa shape index (κ3) is 1.68. The van der Waals surface area contributed by atoms with Gasteiger partial charge in [0.05, 0.1) is 5.56 Å². The van der Waals surface area contributed by atoms with Crippen molar-refractivity contribution in [3.05, 3.63) is 29.3 Å². The predicted molar refractivity (Wildman–Crippen MR) is 40.0 cm³/mol. The standard InChI is InChI=1S/C8H4F2O4/c9-4-2-5(10)6(11)1-3(4)7(12)8(13)14/h1-2,11H,(H,13,14). The molecule has 0 bridgehead atoms. The largest absolute Gasteiger partial charge is 0.505 e. The van der Waals surface area contributed by atoms with Gasteiger partial charge in [-0.15, -0.1) is 0 Å². The first kappa shape index (κ1) is 10.1. The average molecular weight is 202 g/mol. The van der Waals surface area contributed by atoms with Gasteiger partial charge in [-0.3, -0.25) is 4.79 Å². The zero-order valence-electron chi connectivity index (χ0n) is 6.62. The van der Waals surface area contributed by atoms with Crippen molar-refractivity contribution >= 4 is 11.8 Å². The molecule has 0 radical (unpaired) electrons. The van der Waals surface area contributed by atoms with Crippen LogP contribution in [-0.4, -0.2) is 22.0 Å². The molecule has 0 aliphatic heterocycles. The van der Waals surface area contributed by atoms with Gasteiger partial charge in [0.1, 0.15) is 5.82 Å². The highest BCUT2D eigenvalue weighted by Gasteiger charge is 2.21. The fourth-order valence-corrected chi connectivity index (χ4v) is 0.827. The Morgan fingerprint density at radius 1 is 1.14 bits per heavy atom. The van der Waals surface area contributed by atoms with Crippen LogP contribution < -0.4 is 0 Å².